The summed E-state index contributed by atoms with van der Waals surface area (Å²) in [6, 6.07) is 41.6. The van der Waals surface area contributed by atoms with E-state index in [1.807, 2.05) is 103 Å². The smallest absolute Gasteiger partial charge is 0.478 e. The van der Waals surface area contributed by atoms with E-state index in [1.165, 1.54) is 0 Å². The number of hydrogen-bond donors (Lipinski definition) is 5. The third-order valence-corrected chi connectivity index (χ3v) is 9.54. The van der Waals surface area contributed by atoms with Crippen LogP contribution in [-0.2, 0) is 13.1 Å². The van der Waals surface area contributed by atoms with Crippen molar-refractivity contribution in [2.75, 3.05) is 5.32 Å². The number of aromatic carboxylic acids is 1. The summed E-state index contributed by atoms with van der Waals surface area (Å²) >= 11 is 0. The van der Waals surface area contributed by atoms with E-state index in [1.54, 1.807) is 24.3 Å². The number of fused-ring (bicyclic) bond motifs is 6. The number of nitrogens with zero attached hydrogens (tertiary/aromatic N) is 1. The Morgan fingerprint density at radius 3 is 2.08 bits per heavy atom. The number of nitrogens with one attached hydrogen (secondary N) is 1. The quantitative estimate of drug-likeness (QED) is 0.0729. The number of carbonyl (C=O) groups is 1. The minimum atomic E-state index is -1.58. The molecular formula is C42H31B2N2O6. The lowest BCUT2D eigenvalue weighted by molar-refractivity contribution is 0.0697. The number of rotatable bonds is 9. The minimum Gasteiger partial charge on any atom is -0.478 e. The van der Waals surface area contributed by atoms with E-state index in [4.69, 9.17) is 9.41 Å². The van der Waals surface area contributed by atoms with Gasteiger partial charge in [-0.3, -0.25) is 4.99 Å². The molecule has 8 nitrogen and oxygen atoms in total. The van der Waals surface area contributed by atoms with E-state index < -0.39 is 13.1 Å². The number of anilines is 1. The van der Waals surface area contributed by atoms with Crippen molar-refractivity contribution >= 4 is 80.7 Å². The van der Waals surface area contributed by atoms with Crippen LogP contribution < -0.4 is 21.6 Å². The van der Waals surface area contributed by atoms with Gasteiger partial charge >= 0.3 is 20.6 Å². The number of carboxylic acids is 1. The first-order chi connectivity index (χ1) is 25.4. The average molecular weight is 681 g/mol. The van der Waals surface area contributed by atoms with Gasteiger partial charge in [0.25, 0.3) is 0 Å². The van der Waals surface area contributed by atoms with Crippen LogP contribution in [0.1, 0.15) is 21.5 Å². The molecule has 0 saturated carbocycles. The van der Waals surface area contributed by atoms with E-state index in [0.717, 1.165) is 73.0 Å². The number of benzene rings is 7. The first kappa shape index (κ1) is 33.0. The largest absolute Gasteiger partial charge is 0.488 e. The van der Waals surface area contributed by atoms with Crippen molar-refractivity contribution in [3.63, 3.8) is 0 Å². The van der Waals surface area contributed by atoms with Crippen molar-refractivity contribution in [3.8, 4) is 11.1 Å². The van der Waals surface area contributed by atoms with Crippen LogP contribution in [0.2, 0.25) is 0 Å². The SMILES string of the molecule is O=C(O)c1ccccc1-c1c2ccc3cc(NCc4ccccc4[B]O)ccc3c2oc2c1ccc1cc(=NCc3ccccc3B(O)O)ccc12. The van der Waals surface area contributed by atoms with E-state index in [-0.39, 0.29) is 12.1 Å². The maximum absolute atomic E-state index is 12.5. The van der Waals surface area contributed by atoms with Gasteiger partial charge < -0.3 is 29.9 Å². The van der Waals surface area contributed by atoms with Gasteiger partial charge in [0.05, 0.1) is 17.5 Å². The molecule has 0 saturated heterocycles. The lowest BCUT2D eigenvalue weighted by Gasteiger charge is -2.16. The predicted octanol–water partition coefficient (Wildman–Crippen LogP) is 5.89. The molecule has 7 aromatic carbocycles. The number of hydrogen-bond acceptors (Lipinski definition) is 7. The van der Waals surface area contributed by atoms with Crippen molar-refractivity contribution in [1.82, 2.24) is 0 Å². The average Bonchev–Trinajstić information content (AvgIpc) is 3.18. The normalized spacial score (nSPS) is 11.8. The lowest BCUT2D eigenvalue weighted by atomic mass is 9.77. The Morgan fingerprint density at radius 2 is 1.35 bits per heavy atom. The molecule has 0 aliphatic carbocycles. The summed E-state index contributed by atoms with van der Waals surface area (Å²) in [7, 11) is -0.475. The topological polar surface area (TPSA) is 136 Å². The van der Waals surface area contributed by atoms with Crippen molar-refractivity contribution in [1.29, 1.82) is 0 Å². The molecule has 1 aromatic heterocycles. The summed E-state index contributed by atoms with van der Waals surface area (Å²) in [5.41, 5.74) is 6.55. The van der Waals surface area contributed by atoms with Gasteiger partial charge in [0.2, 0.25) is 0 Å². The highest BCUT2D eigenvalue weighted by molar-refractivity contribution is 6.59. The minimum absolute atomic E-state index is 0.193. The highest BCUT2D eigenvalue weighted by Crippen LogP contribution is 2.42. The van der Waals surface area contributed by atoms with E-state index in [9.17, 15) is 25.0 Å². The Bertz CT molecular complexity index is 2740. The van der Waals surface area contributed by atoms with Gasteiger partial charge in [0.1, 0.15) is 11.2 Å². The Balaban J connectivity index is 1.30. The van der Waals surface area contributed by atoms with Crippen LogP contribution in [0.25, 0.3) is 54.6 Å². The van der Waals surface area contributed by atoms with Gasteiger partial charge in [0.15, 0.2) is 0 Å². The van der Waals surface area contributed by atoms with Gasteiger partial charge in [-0.05, 0) is 93.0 Å². The fourth-order valence-corrected chi connectivity index (χ4v) is 6.96. The second-order valence-electron chi connectivity index (χ2n) is 12.6. The standard InChI is InChI=1S/C42H31B2N2O6/c47-42(48)34-10-4-3-9-33(34)39-35-17-13-25-21-29(45-23-27-7-1-5-11-37(27)43-49)15-19-31(25)40(35)52-41-32-20-16-30(22-26(32)14-18-36(39)41)46-24-28-8-2-6-12-38(28)44(50)51/h1-22,45,49-51H,23-24H2,(H,47,48). The third kappa shape index (κ3) is 6.09. The van der Waals surface area contributed by atoms with Gasteiger partial charge in [-0.1, -0.05) is 78.9 Å². The molecule has 0 aliphatic heterocycles. The predicted molar refractivity (Wildman–Crippen MR) is 208 cm³/mol. The molecule has 8 rings (SSSR count). The Morgan fingerprint density at radius 1 is 0.712 bits per heavy atom. The van der Waals surface area contributed by atoms with Gasteiger partial charge in [-0.25, -0.2) is 4.79 Å². The van der Waals surface area contributed by atoms with Gasteiger partial charge in [-0.2, -0.15) is 0 Å². The Labute approximate surface area is 299 Å². The highest BCUT2D eigenvalue weighted by Gasteiger charge is 2.21. The lowest BCUT2D eigenvalue weighted by Crippen LogP contribution is -2.32. The molecule has 1 radical (unpaired) electrons. The molecule has 251 valence electrons. The second-order valence-corrected chi connectivity index (χ2v) is 12.6. The van der Waals surface area contributed by atoms with E-state index in [2.05, 4.69) is 11.4 Å². The number of carboxylic acid groups (broad SMARTS) is 1. The summed E-state index contributed by atoms with van der Waals surface area (Å²) in [6.07, 6.45) is 0. The molecule has 10 heteroatoms. The van der Waals surface area contributed by atoms with Gasteiger partial charge in [0, 0.05) is 39.3 Å². The summed E-state index contributed by atoms with van der Waals surface area (Å²) in [5.74, 6) is -1.02. The first-order valence-corrected chi connectivity index (χ1v) is 16.8. The molecule has 0 unspecified atom stereocenters. The summed E-state index contributed by atoms with van der Waals surface area (Å²) in [4.78, 5) is 17.3. The van der Waals surface area contributed by atoms with E-state index >= 15 is 0 Å². The molecule has 0 aliphatic rings. The van der Waals surface area contributed by atoms with Crippen LogP contribution in [0.15, 0.2) is 143 Å². The second kappa shape index (κ2) is 13.8. The molecule has 0 fully saturated rings. The molecule has 52 heavy (non-hydrogen) atoms. The molecule has 5 N–H and O–H groups in total. The van der Waals surface area contributed by atoms with Crippen LogP contribution in [0, 0.1) is 0 Å². The van der Waals surface area contributed by atoms with Gasteiger partial charge in [-0.15, -0.1) is 0 Å². The highest BCUT2D eigenvalue weighted by atomic mass is 16.4. The third-order valence-electron chi connectivity index (χ3n) is 9.54. The Kier molecular flexibility index (Phi) is 8.78. The summed E-state index contributed by atoms with van der Waals surface area (Å²) < 4.78 is 6.86. The summed E-state index contributed by atoms with van der Waals surface area (Å²) in [6.45, 7) is 0.793. The molecule has 0 bridgehead atoms. The molecule has 1 heterocycles. The first-order valence-electron chi connectivity index (χ1n) is 16.8. The van der Waals surface area contributed by atoms with Crippen LogP contribution in [-0.4, -0.2) is 40.7 Å². The maximum atomic E-state index is 12.5. The van der Waals surface area contributed by atoms with Crippen molar-refractivity contribution < 1.29 is 29.4 Å². The Hall–Kier alpha value is -6.19. The van der Waals surface area contributed by atoms with Crippen molar-refractivity contribution in [3.05, 3.63) is 156 Å². The van der Waals surface area contributed by atoms with Crippen LogP contribution in [0.3, 0.4) is 0 Å². The fraction of sp³-hybridized carbons (Fsp3) is 0.0476. The van der Waals surface area contributed by atoms with Crippen LogP contribution in [0.5, 0.6) is 0 Å². The van der Waals surface area contributed by atoms with Crippen LogP contribution in [0.4, 0.5) is 5.69 Å². The maximum Gasteiger partial charge on any atom is 0.488 e. The summed E-state index contributed by atoms with van der Waals surface area (Å²) in [5, 5.41) is 48.8. The van der Waals surface area contributed by atoms with Crippen LogP contribution >= 0.6 is 0 Å². The molecular weight excluding hydrogens is 650 g/mol. The zero-order valence-corrected chi connectivity index (χ0v) is 27.8. The van der Waals surface area contributed by atoms with Crippen molar-refractivity contribution in [2.24, 2.45) is 4.99 Å². The molecule has 0 spiro atoms. The molecule has 8 aromatic rings. The molecule has 0 amide bonds. The van der Waals surface area contributed by atoms with Crippen molar-refractivity contribution in [2.45, 2.75) is 13.1 Å². The zero-order valence-electron chi connectivity index (χ0n) is 27.8. The fourth-order valence-electron chi connectivity index (χ4n) is 6.96. The molecule has 0 atom stereocenters. The van der Waals surface area contributed by atoms with E-state index in [0.29, 0.717) is 28.7 Å². The monoisotopic (exact) mass is 681 g/mol. The zero-order chi connectivity index (χ0) is 35.8.